The molecule has 0 spiro atoms. The number of Topliss-reactive ketones (excluding diaryl/α,β-unsaturated/α-hetero) is 1. The molecule has 3 aromatic heterocycles. The molecule has 1 unspecified atom stereocenters. The number of aromatic nitrogens is 4. The molecule has 0 aliphatic carbocycles. The van der Waals surface area contributed by atoms with Gasteiger partial charge < -0.3 is 9.84 Å². The van der Waals surface area contributed by atoms with Crippen LogP contribution in [0, 0.1) is 11.6 Å². The van der Waals surface area contributed by atoms with Crippen molar-refractivity contribution < 1.29 is 22.9 Å². The zero-order chi connectivity index (χ0) is 24.5. The van der Waals surface area contributed by atoms with Crippen LogP contribution in [0.2, 0.25) is 0 Å². The largest absolute Gasteiger partial charge is 0.364 e. The monoisotopic (exact) mass is 465 g/mol. The molecule has 0 radical (unpaired) electrons. The molecule has 0 bridgehead atoms. The van der Waals surface area contributed by atoms with Gasteiger partial charge in [-0.1, -0.05) is 5.16 Å². The molecule has 4 aromatic rings. The number of amides is 1. The number of benzene rings is 1. The van der Waals surface area contributed by atoms with Gasteiger partial charge in [0.05, 0.1) is 17.6 Å². The van der Waals surface area contributed by atoms with Crippen LogP contribution in [-0.4, -0.2) is 31.6 Å². The number of nitrogens with one attached hydrogen (secondary N) is 1. The maximum absolute atomic E-state index is 15.6. The van der Waals surface area contributed by atoms with Crippen LogP contribution in [0.3, 0.4) is 0 Å². The maximum Gasteiger partial charge on any atom is 0.277 e. The fourth-order valence-electron chi connectivity index (χ4n) is 3.88. The van der Waals surface area contributed by atoms with Crippen molar-refractivity contribution in [3.8, 4) is 0 Å². The minimum atomic E-state index is -1.12. The smallest absolute Gasteiger partial charge is 0.277 e. The Morgan fingerprint density at radius 3 is 2.65 bits per heavy atom. The molecule has 4 rings (SSSR count). The lowest BCUT2D eigenvalue weighted by molar-refractivity contribution is 0.100. The Kier molecular flexibility index (Phi) is 6.06. The van der Waals surface area contributed by atoms with E-state index in [-0.39, 0.29) is 29.1 Å². The Hall–Kier alpha value is -4.21. The summed E-state index contributed by atoms with van der Waals surface area (Å²) in [7, 11) is 1.72. The minimum absolute atomic E-state index is 0.0509. The van der Waals surface area contributed by atoms with E-state index >= 15 is 4.39 Å². The molecule has 0 fully saturated rings. The molecule has 1 aromatic carbocycles. The number of aryl methyl sites for hydroxylation is 1. The molecule has 1 N–H and O–H groups in total. The summed E-state index contributed by atoms with van der Waals surface area (Å²) in [5.74, 6) is -2.67. The van der Waals surface area contributed by atoms with Gasteiger partial charge in [0, 0.05) is 47.6 Å². The molecule has 10 heteroatoms. The third kappa shape index (κ3) is 4.21. The second-order valence-electron chi connectivity index (χ2n) is 8.09. The van der Waals surface area contributed by atoms with Crippen LogP contribution >= 0.6 is 0 Å². The first-order valence-corrected chi connectivity index (χ1v) is 10.3. The van der Waals surface area contributed by atoms with Crippen molar-refractivity contribution in [2.24, 2.45) is 7.05 Å². The lowest BCUT2D eigenvalue weighted by Crippen LogP contribution is -2.31. The Balaban J connectivity index is 1.81. The summed E-state index contributed by atoms with van der Waals surface area (Å²) in [4.78, 5) is 29.1. The zero-order valence-electron chi connectivity index (χ0n) is 18.7. The topological polar surface area (TPSA) is 103 Å². The first kappa shape index (κ1) is 23.0. The first-order valence-electron chi connectivity index (χ1n) is 10.3. The van der Waals surface area contributed by atoms with Crippen molar-refractivity contribution in [3.05, 3.63) is 94.9 Å². The van der Waals surface area contributed by atoms with E-state index in [0.717, 1.165) is 12.1 Å². The summed E-state index contributed by atoms with van der Waals surface area (Å²) >= 11 is 0. The van der Waals surface area contributed by atoms with E-state index < -0.39 is 23.0 Å². The van der Waals surface area contributed by atoms with Crippen molar-refractivity contribution in [1.29, 1.82) is 0 Å². The van der Waals surface area contributed by atoms with E-state index in [1.54, 1.807) is 43.2 Å². The molecule has 0 saturated heterocycles. The summed E-state index contributed by atoms with van der Waals surface area (Å²) in [6.45, 7) is 3.16. The van der Waals surface area contributed by atoms with Crippen LogP contribution in [0.25, 0.3) is 0 Å². The summed E-state index contributed by atoms with van der Waals surface area (Å²) in [6.07, 6.45) is 5.83. The van der Waals surface area contributed by atoms with Gasteiger partial charge in [-0.2, -0.15) is 5.10 Å². The predicted octanol–water partition coefficient (Wildman–Crippen LogP) is 4.08. The average Bonchev–Trinajstić information content (AvgIpc) is 3.51. The van der Waals surface area contributed by atoms with E-state index in [9.17, 15) is 14.0 Å². The number of halogens is 2. The third-order valence-corrected chi connectivity index (χ3v) is 5.69. The molecule has 34 heavy (non-hydrogen) atoms. The van der Waals surface area contributed by atoms with Crippen molar-refractivity contribution in [2.45, 2.75) is 25.7 Å². The molecule has 1 amide bonds. The van der Waals surface area contributed by atoms with Crippen molar-refractivity contribution >= 4 is 17.4 Å². The molecule has 1 atom stereocenters. The number of rotatable bonds is 7. The standard InChI is InChI=1S/C24H21F2N5O3/c1-14(32)16-5-4-9-27-22(16)24(2,15-12-28-31(3)13-15)11-17-18(25)6-7-19(21(17)26)29-23(33)20-8-10-34-30-20/h4-10,12-13H,11H2,1-3H3,(H,29,33). The Labute approximate surface area is 193 Å². The fourth-order valence-corrected chi connectivity index (χ4v) is 3.88. The number of hydrogen-bond acceptors (Lipinski definition) is 6. The van der Waals surface area contributed by atoms with E-state index in [1.807, 2.05) is 0 Å². The van der Waals surface area contributed by atoms with E-state index in [0.29, 0.717) is 16.8 Å². The fraction of sp³-hybridized carbons (Fsp3) is 0.208. The normalized spacial score (nSPS) is 12.9. The summed E-state index contributed by atoms with van der Waals surface area (Å²) in [5, 5.41) is 10.1. The number of carbonyl (C=O) groups excluding carboxylic acids is 2. The zero-order valence-corrected chi connectivity index (χ0v) is 18.7. The van der Waals surface area contributed by atoms with Gasteiger partial charge in [0.1, 0.15) is 12.1 Å². The summed E-state index contributed by atoms with van der Waals surface area (Å²) < 4.78 is 36.7. The number of carbonyl (C=O) groups is 2. The van der Waals surface area contributed by atoms with Gasteiger partial charge in [0.25, 0.3) is 5.91 Å². The van der Waals surface area contributed by atoms with Crippen LogP contribution < -0.4 is 5.32 Å². The van der Waals surface area contributed by atoms with Crippen LogP contribution in [-0.2, 0) is 18.9 Å². The SMILES string of the molecule is CC(=O)c1cccnc1C(C)(Cc1c(F)ccc(NC(=O)c2ccon2)c1F)c1cnn(C)c1. The highest BCUT2D eigenvalue weighted by Gasteiger charge is 2.37. The van der Waals surface area contributed by atoms with Crippen molar-refractivity contribution in [2.75, 3.05) is 5.32 Å². The molecule has 0 aliphatic heterocycles. The van der Waals surface area contributed by atoms with Gasteiger partial charge in [-0.25, -0.2) is 8.78 Å². The lowest BCUT2D eigenvalue weighted by atomic mass is 9.73. The second-order valence-corrected chi connectivity index (χ2v) is 8.09. The van der Waals surface area contributed by atoms with Gasteiger partial charge in [-0.15, -0.1) is 0 Å². The van der Waals surface area contributed by atoms with Gasteiger partial charge in [0.2, 0.25) is 0 Å². The van der Waals surface area contributed by atoms with Crippen molar-refractivity contribution in [1.82, 2.24) is 19.9 Å². The Morgan fingerprint density at radius 1 is 1.21 bits per heavy atom. The van der Waals surface area contributed by atoms with E-state index in [4.69, 9.17) is 0 Å². The number of anilines is 1. The highest BCUT2D eigenvalue weighted by Crippen LogP contribution is 2.38. The minimum Gasteiger partial charge on any atom is -0.364 e. The number of pyridine rings is 1. The molecule has 3 heterocycles. The van der Waals surface area contributed by atoms with Crippen LogP contribution in [0.5, 0.6) is 0 Å². The Morgan fingerprint density at radius 2 is 2.00 bits per heavy atom. The molecular formula is C24H21F2N5O3. The average molecular weight is 465 g/mol. The maximum atomic E-state index is 15.6. The predicted molar refractivity (Wildman–Crippen MR) is 118 cm³/mol. The van der Waals surface area contributed by atoms with E-state index in [1.165, 1.54) is 25.5 Å². The third-order valence-electron chi connectivity index (χ3n) is 5.69. The number of ketones is 1. The molecular weight excluding hydrogens is 444 g/mol. The molecule has 0 saturated carbocycles. The van der Waals surface area contributed by atoms with Gasteiger partial charge in [-0.05, 0) is 44.5 Å². The van der Waals surface area contributed by atoms with Crippen LogP contribution in [0.4, 0.5) is 14.5 Å². The van der Waals surface area contributed by atoms with Crippen LogP contribution in [0.15, 0.2) is 59.7 Å². The lowest BCUT2D eigenvalue weighted by Gasteiger charge is -2.30. The van der Waals surface area contributed by atoms with Gasteiger partial charge in [0.15, 0.2) is 17.3 Å². The van der Waals surface area contributed by atoms with Gasteiger partial charge in [-0.3, -0.25) is 19.3 Å². The molecule has 8 nitrogen and oxygen atoms in total. The quantitative estimate of drug-likeness (QED) is 0.413. The molecule has 0 aliphatic rings. The summed E-state index contributed by atoms with van der Waals surface area (Å²) in [5.41, 5.74) is -0.337. The second kappa shape index (κ2) is 8.97. The van der Waals surface area contributed by atoms with Crippen LogP contribution in [0.1, 0.15) is 51.5 Å². The van der Waals surface area contributed by atoms with Gasteiger partial charge >= 0.3 is 0 Å². The molecule has 174 valence electrons. The van der Waals surface area contributed by atoms with Crippen molar-refractivity contribution in [3.63, 3.8) is 0 Å². The summed E-state index contributed by atoms with van der Waals surface area (Å²) in [6, 6.07) is 6.79. The Bertz CT molecular complexity index is 1370. The first-order chi connectivity index (χ1) is 16.2. The highest BCUT2D eigenvalue weighted by atomic mass is 19.1. The number of hydrogen-bond donors (Lipinski definition) is 1. The number of nitrogens with zero attached hydrogens (tertiary/aromatic N) is 4. The van der Waals surface area contributed by atoms with E-state index in [2.05, 4.69) is 25.1 Å². The highest BCUT2D eigenvalue weighted by molar-refractivity contribution is 6.02.